The number of carbonyl (C=O) groups excluding carboxylic acids is 2. The van der Waals surface area contributed by atoms with Crippen molar-refractivity contribution in [1.29, 1.82) is 0 Å². The number of rotatable bonds is 6. The molecule has 5 nitrogen and oxygen atoms in total. The highest BCUT2D eigenvalue weighted by atomic mass is 32.1. The molecule has 0 spiro atoms. The standard InChI is InChI=1S/C17H23N3O2S/c1-6-13-12(5)23-14(20-13)7-8-18-17(22)16-9(2)15(11(4)21)10(3)19-16/h19H,6-8H2,1-5H3,(H,18,22). The summed E-state index contributed by atoms with van der Waals surface area (Å²) in [5.74, 6) is -0.206. The Kier molecular flexibility index (Phi) is 5.36. The number of aryl methyl sites for hydroxylation is 3. The predicted octanol–water partition coefficient (Wildman–Crippen LogP) is 3.13. The van der Waals surface area contributed by atoms with E-state index in [1.54, 1.807) is 18.3 Å². The SMILES string of the molecule is CCc1nc(CCNC(=O)c2[nH]c(C)c(C(C)=O)c2C)sc1C. The summed E-state index contributed by atoms with van der Waals surface area (Å²) in [6.45, 7) is 9.82. The Hall–Kier alpha value is -1.95. The molecule has 0 radical (unpaired) electrons. The molecule has 0 unspecified atom stereocenters. The van der Waals surface area contributed by atoms with E-state index < -0.39 is 0 Å². The normalized spacial score (nSPS) is 10.8. The van der Waals surface area contributed by atoms with Crippen molar-refractivity contribution in [2.24, 2.45) is 0 Å². The van der Waals surface area contributed by atoms with Crippen LogP contribution in [0.4, 0.5) is 0 Å². The summed E-state index contributed by atoms with van der Waals surface area (Å²) in [5, 5.41) is 3.94. The van der Waals surface area contributed by atoms with Crippen LogP contribution in [0.2, 0.25) is 0 Å². The maximum absolute atomic E-state index is 12.3. The van der Waals surface area contributed by atoms with Crippen molar-refractivity contribution >= 4 is 23.0 Å². The second kappa shape index (κ2) is 7.08. The molecule has 2 heterocycles. The molecule has 0 aliphatic heterocycles. The number of amides is 1. The Morgan fingerprint density at radius 1 is 1.26 bits per heavy atom. The first-order valence-electron chi connectivity index (χ1n) is 7.78. The molecule has 2 aromatic heterocycles. The van der Waals surface area contributed by atoms with Gasteiger partial charge in [0.15, 0.2) is 5.78 Å². The third kappa shape index (κ3) is 3.69. The second-order valence-electron chi connectivity index (χ2n) is 5.65. The van der Waals surface area contributed by atoms with Crippen molar-refractivity contribution in [2.45, 2.75) is 47.5 Å². The van der Waals surface area contributed by atoms with Gasteiger partial charge in [-0.2, -0.15) is 0 Å². The molecule has 0 aromatic carbocycles. The molecule has 1 amide bonds. The molecule has 0 saturated carbocycles. The molecule has 23 heavy (non-hydrogen) atoms. The molecule has 0 atom stereocenters. The van der Waals surface area contributed by atoms with E-state index in [2.05, 4.69) is 29.1 Å². The molecule has 0 aliphatic carbocycles. The lowest BCUT2D eigenvalue weighted by Gasteiger charge is -2.03. The Labute approximate surface area is 140 Å². The zero-order valence-corrected chi connectivity index (χ0v) is 15.1. The van der Waals surface area contributed by atoms with Crippen molar-refractivity contribution in [3.8, 4) is 0 Å². The summed E-state index contributed by atoms with van der Waals surface area (Å²) < 4.78 is 0. The average molecular weight is 333 g/mol. The van der Waals surface area contributed by atoms with Gasteiger partial charge in [-0.25, -0.2) is 4.98 Å². The van der Waals surface area contributed by atoms with Crippen LogP contribution in [0.1, 0.15) is 61.5 Å². The second-order valence-corrected chi connectivity index (χ2v) is 6.94. The Balaban J connectivity index is 2.00. The minimum Gasteiger partial charge on any atom is -0.354 e. The van der Waals surface area contributed by atoms with Crippen LogP contribution in [-0.4, -0.2) is 28.2 Å². The number of H-pyrrole nitrogens is 1. The third-order valence-corrected chi connectivity index (χ3v) is 4.99. The highest BCUT2D eigenvalue weighted by molar-refractivity contribution is 7.11. The first-order chi connectivity index (χ1) is 10.8. The Bertz CT molecular complexity index is 743. The van der Waals surface area contributed by atoms with Gasteiger partial charge in [0.1, 0.15) is 5.69 Å². The third-order valence-electron chi connectivity index (χ3n) is 3.91. The zero-order chi connectivity index (χ0) is 17.1. The predicted molar refractivity (Wildman–Crippen MR) is 92.5 cm³/mol. The number of aromatic amines is 1. The summed E-state index contributed by atoms with van der Waals surface area (Å²) in [5.41, 5.74) is 3.67. The fourth-order valence-electron chi connectivity index (χ4n) is 2.80. The van der Waals surface area contributed by atoms with Crippen LogP contribution >= 0.6 is 11.3 Å². The molecule has 6 heteroatoms. The maximum Gasteiger partial charge on any atom is 0.268 e. The van der Waals surface area contributed by atoms with E-state index in [4.69, 9.17) is 0 Å². The number of carbonyl (C=O) groups is 2. The number of Topliss-reactive ketones (excluding diaryl/α,β-unsaturated/α-hetero) is 1. The summed E-state index contributed by atoms with van der Waals surface area (Å²) in [7, 11) is 0. The number of nitrogens with zero attached hydrogens (tertiary/aromatic N) is 1. The quantitative estimate of drug-likeness (QED) is 0.798. The molecule has 0 fully saturated rings. The lowest BCUT2D eigenvalue weighted by Crippen LogP contribution is -2.26. The van der Waals surface area contributed by atoms with Crippen molar-refractivity contribution in [1.82, 2.24) is 15.3 Å². The number of hydrogen-bond donors (Lipinski definition) is 2. The molecule has 0 bridgehead atoms. The number of aromatic nitrogens is 2. The van der Waals surface area contributed by atoms with Crippen LogP contribution < -0.4 is 5.32 Å². The van der Waals surface area contributed by atoms with Crippen LogP contribution in [0, 0.1) is 20.8 Å². The van der Waals surface area contributed by atoms with Gasteiger partial charge in [0.2, 0.25) is 0 Å². The van der Waals surface area contributed by atoms with Crippen molar-refractivity contribution in [3.63, 3.8) is 0 Å². The van der Waals surface area contributed by atoms with Gasteiger partial charge < -0.3 is 10.3 Å². The van der Waals surface area contributed by atoms with Gasteiger partial charge in [-0.15, -0.1) is 11.3 Å². The van der Waals surface area contributed by atoms with Gasteiger partial charge in [-0.3, -0.25) is 9.59 Å². The Morgan fingerprint density at radius 2 is 1.96 bits per heavy atom. The fourth-order valence-corrected chi connectivity index (χ4v) is 3.82. The summed E-state index contributed by atoms with van der Waals surface area (Å²) >= 11 is 1.69. The maximum atomic E-state index is 12.3. The van der Waals surface area contributed by atoms with Crippen molar-refractivity contribution in [3.05, 3.63) is 38.1 Å². The number of thiazole rings is 1. The van der Waals surface area contributed by atoms with Gasteiger partial charge in [0.05, 0.1) is 10.7 Å². The van der Waals surface area contributed by atoms with E-state index in [1.165, 1.54) is 11.8 Å². The molecular weight excluding hydrogens is 310 g/mol. The number of nitrogens with one attached hydrogen (secondary N) is 2. The van der Waals surface area contributed by atoms with E-state index in [0.29, 0.717) is 23.4 Å². The summed E-state index contributed by atoms with van der Waals surface area (Å²) in [6.07, 6.45) is 1.65. The monoisotopic (exact) mass is 333 g/mol. The summed E-state index contributed by atoms with van der Waals surface area (Å²) in [4.78, 5) is 32.8. The highest BCUT2D eigenvalue weighted by Gasteiger charge is 2.19. The Morgan fingerprint density at radius 3 is 2.48 bits per heavy atom. The first kappa shape index (κ1) is 17.4. The highest BCUT2D eigenvalue weighted by Crippen LogP contribution is 2.19. The van der Waals surface area contributed by atoms with Gasteiger partial charge in [0, 0.05) is 29.1 Å². The van der Waals surface area contributed by atoms with Gasteiger partial charge in [0.25, 0.3) is 5.91 Å². The first-order valence-corrected chi connectivity index (χ1v) is 8.60. The number of hydrogen-bond acceptors (Lipinski definition) is 4. The van der Waals surface area contributed by atoms with E-state index >= 15 is 0 Å². The topological polar surface area (TPSA) is 74.8 Å². The van der Waals surface area contributed by atoms with Gasteiger partial charge in [-0.05, 0) is 39.7 Å². The lowest BCUT2D eigenvalue weighted by atomic mass is 10.1. The minimum absolute atomic E-state index is 0.0272. The molecular formula is C17H23N3O2S. The fraction of sp³-hybridized carbons (Fsp3) is 0.471. The molecule has 124 valence electrons. The average Bonchev–Trinajstić information content (AvgIpc) is 2.98. The largest absolute Gasteiger partial charge is 0.354 e. The van der Waals surface area contributed by atoms with Crippen LogP contribution in [0.5, 0.6) is 0 Å². The smallest absolute Gasteiger partial charge is 0.268 e. The molecule has 0 aliphatic rings. The van der Waals surface area contributed by atoms with Gasteiger partial charge in [-0.1, -0.05) is 6.92 Å². The molecule has 2 aromatic rings. The van der Waals surface area contributed by atoms with Crippen LogP contribution in [0.15, 0.2) is 0 Å². The van der Waals surface area contributed by atoms with Crippen molar-refractivity contribution in [2.75, 3.05) is 6.54 Å². The molecule has 2 N–H and O–H groups in total. The van der Waals surface area contributed by atoms with Gasteiger partial charge >= 0.3 is 0 Å². The zero-order valence-electron chi connectivity index (χ0n) is 14.3. The van der Waals surface area contributed by atoms with Crippen molar-refractivity contribution < 1.29 is 9.59 Å². The molecule has 0 saturated heterocycles. The lowest BCUT2D eigenvalue weighted by molar-refractivity contribution is 0.0949. The number of ketones is 1. The van der Waals surface area contributed by atoms with Crippen LogP contribution in [-0.2, 0) is 12.8 Å². The summed E-state index contributed by atoms with van der Waals surface area (Å²) in [6, 6.07) is 0. The van der Waals surface area contributed by atoms with E-state index in [-0.39, 0.29) is 11.7 Å². The van der Waals surface area contributed by atoms with E-state index in [0.717, 1.165) is 29.2 Å². The minimum atomic E-state index is -0.179. The van der Waals surface area contributed by atoms with Crippen LogP contribution in [0.25, 0.3) is 0 Å². The van der Waals surface area contributed by atoms with E-state index in [1.807, 2.05) is 6.92 Å². The molecule has 2 rings (SSSR count). The van der Waals surface area contributed by atoms with E-state index in [9.17, 15) is 9.59 Å². The van der Waals surface area contributed by atoms with Crippen LogP contribution in [0.3, 0.4) is 0 Å².